The van der Waals surface area contributed by atoms with Crippen molar-refractivity contribution in [1.29, 1.82) is 0 Å². The average molecular weight is 411 g/mol. The van der Waals surface area contributed by atoms with E-state index in [2.05, 4.69) is 38.1 Å². The fourth-order valence-corrected chi connectivity index (χ4v) is 3.99. The number of hydrogen-bond acceptors (Lipinski definition) is 4. The van der Waals surface area contributed by atoms with Gasteiger partial charge in [0.2, 0.25) is 0 Å². The molecule has 0 saturated heterocycles. The van der Waals surface area contributed by atoms with Crippen LogP contribution in [0.5, 0.6) is 0 Å². The summed E-state index contributed by atoms with van der Waals surface area (Å²) in [6.45, 7) is 6.28. The minimum absolute atomic E-state index is 0.137. The maximum atomic E-state index is 13.0. The van der Waals surface area contributed by atoms with E-state index in [0.29, 0.717) is 0 Å². The molecular formula is C24H30N2O2S. The number of aromatic amines is 1. The third-order valence-corrected chi connectivity index (χ3v) is 5.88. The van der Waals surface area contributed by atoms with Crippen LogP contribution in [0.4, 0.5) is 0 Å². The van der Waals surface area contributed by atoms with Crippen molar-refractivity contribution < 1.29 is 9.53 Å². The van der Waals surface area contributed by atoms with Gasteiger partial charge < -0.3 is 15.5 Å². The second-order valence-corrected chi connectivity index (χ2v) is 9.37. The number of thioether (sulfide) groups is 1. The molecule has 4 nitrogen and oxygen atoms in total. The number of carbonyl (C=O) groups excluding carboxylic acids is 1. The Labute approximate surface area is 177 Å². The fourth-order valence-electron chi connectivity index (χ4n) is 3.54. The quantitative estimate of drug-likeness (QED) is 0.501. The van der Waals surface area contributed by atoms with Crippen molar-refractivity contribution in [3.63, 3.8) is 0 Å². The predicted molar refractivity (Wildman–Crippen MR) is 123 cm³/mol. The molecule has 29 heavy (non-hydrogen) atoms. The van der Waals surface area contributed by atoms with Gasteiger partial charge in [-0.2, -0.15) is 11.8 Å². The molecule has 0 amide bonds. The van der Waals surface area contributed by atoms with Crippen LogP contribution in [0.1, 0.15) is 38.8 Å². The van der Waals surface area contributed by atoms with E-state index in [0.717, 1.165) is 39.8 Å². The number of H-pyrrole nitrogens is 1. The molecule has 3 rings (SSSR count). The second kappa shape index (κ2) is 9.06. The van der Waals surface area contributed by atoms with Crippen LogP contribution < -0.4 is 5.73 Å². The molecule has 154 valence electrons. The summed E-state index contributed by atoms with van der Waals surface area (Å²) in [5.74, 6) is 0.564. The van der Waals surface area contributed by atoms with Crippen molar-refractivity contribution in [3.8, 4) is 11.1 Å². The Morgan fingerprint density at radius 1 is 1.10 bits per heavy atom. The summed E-state index contributed by atoms with van der Waals surface area (Å²) >= 11 is 1.75. The number of esters is 1. The van der Waals surface area contributed by atoms with Crippen molar-refractivity contribution in [1.82, 2.24) is 4.98 Å². The number of hydrogen-bond donors (Lipinski definition) is 2. The summed E-state index contributed by atoms with van der Waals surface area (Å²) in [5.41, 5.74) is 10.1. The van der Waals surface area contributed by atoms with Gasteiger partial charge in [0.15, 0.2) is 0 Å². The summed E-state index contributed by atoms with van der Waals surface area (Å²) in [6, 6.07) is 15.1. The molecular weight excluding hydrogens is 380 g/mol. The number of rotatable bonds is 7. The third-order valence-electron chi connectivity index (χ3n) is 5.24. The molecule has 5 heteroatoms. The molecule has 0 fully saturated rings. The maximum absolute atomic E-state index is 13.0. The summed E-state index contributed by atoms with van der Waals surface area (Å²) in [4.78, 5) is 16.3. The first-order valence-corrected chi connectivity index (χ1v) is 11.3. The van der Waals surface area contributed by atoms with Gasteiger partial charge in [-0.3, -0.25) is 0 Å². The summed E-state index contributed by atoms with van der Waals surface area (Å²) in [7, 11) is 0. The first kappa shape index (κ1) is 21.5. The summed E-state index contributed by atoms with van der Waals surface area (Å²) in [5, 5.41) is 1.10. The highest BCUT2D eigenvalue weighted by Crippen LogP contribution is 2.34. The Balaban J connectivity index is 1.90. The fraction of sp³-hybridized carbons (Fsp3) is 0.375. The number of nitrogens with two attached hydrogens (primary N) is 1. The summed E-state index contributed by atoms with van der Waals surface area (Å²) in [6.07, 6.45) is 4.67. The number of benzene rings is 2. The number of para-hydroxylation sites is 1. The number of carbonyl (C=O) groups is 1. The minimum atomic E-state index is -0.834. The molecule has 1 unspecified atom stereocenters. The summed E-state index contributed by atoms with van der Waals surface area (Å²) < 4.78 is 5.91. The molecule has 0 spiro atoms. The van der Waals surface area contributed by atoms with E-state index in [-0.39, 0.29) is 17.5 Å². The van der Waals surface area contributed by atoms with Gasteiger partial charge >= 0.3 is 5.97 Å². The Hall–Kier alpha value is -2.24. The van der Waals surface area contributed by atoms with E-state index in [1.807, 2.05) is 48.7 Å². The van der Waals surface area contributed by atoms with E-state index in [1.165, 1.54) is 0 Å². The monoisotopic (exact) mass is 410 g/mol. The lowest BCUT2D eigenvalue weighted by Crippen LogP contribution is -2.36. The van der Waals surface area contributed by atoms with E-state index in [1.54, 1.807) is 11.8 Å². The lowest BCUT2D eigenvalue weighted by molar-refractivity contribution is -0.156. The van der Waals surface area contributed by atoms with Gasteiger partial charge in [0.05, 0.1) is 0 Å². The van der Waals surface area contributed by atoms with Crippen LogP contribution >= 0.6 is 11.8 Å². The highest BCUT2D eigenvalue weighted by atomic mass is 32.2. The number of fused-ring (bicyclic) bond motifs is 1. The molecule has 3 N–H and O–H groups in total. The lowest BCUT2D eigenvalue weighted by Gasteiger charge is -2.31. The smallest absolute Gasteiger partial charge is 0.327 e. The Kier molecular flexibility index (Phi) is 6.70. The van der Waals surface area contributed by atoms with Crippen molar-refractivity contribution in [3.05, 3.63) is 60.3 Å². The molecule has 0 radical (unpaired) electrons. The van der Waals surface area contributed by atoms with Crippen molar-refractivity contribution in [2.24, 2.45) is 11.1 Å². The van der Waals surface area contributed by atoms with Crippen LogP contribution in [-0.2, 0) is 9.53 Å². The normalized spacial score (nSPS) is 14.0. The Morgan fingerprint density at radius 3 is 2.52 bits per heavy atom. The van der Waals surface area contributed by atoms with E-state index in [9.17, 15) is 4.79 Å². The first-order chi connectivity index (χ1) is 13.8. The van der Waals surface area contributed by atoms with Gasteiger partial charge in [-0.1, -0.05) is 63.2 Å². The minimum Gasteiger partial charge on any atom is -0.460 e. The van der Waals surface area contributed by atoms with E-state index in [4.69, 9.17) is 10.5 Å². The zero-order valence-electron chi connectivity index (χ0n) is 17.6. The van der Waals surface area contributed by atoms with Crippen molar-refractivity contribution >= 4 is 28.6 Å². The molecule has 0 saturated carbocycles. The Morgan fingerprint density at radius 2 is 1.79 bits per heavy atom. The highest BCUT2D eigenvalue weighted by molar-refractivity contribution is 7.98. The van der Waals surface area contributed by atoms with Gasteiger partial charge in [-0.15, -0.1) is 0 Å². The molecule has 2 atom stereocenters. The number of nitrogens with one attached hydrogen (secondary N) is 1. The topological polar surface area (TPSA) is 68.1 Å². The van der Waals surface area contributed by atoms with E-state index >= 15 is 0 Å². The van der Waals surface area contributed by atoms with Crippen LogP contribution in [0.2, 0.25) is 0 Å². The molecule has 0 aliphatic carbocycles. The molecule has 0 bridgehead atoms. The Bertz CT molecular complexity index is 974. The maximum Gasteiger partial charge on any atom is 0.327 e. The zero-order chi connectivity index (χ0) is 21.0. The van der Waals surface area contributed by atoms with Gasteiger partial charge in [0.1, 0.15) is 12.1 Å². The molecule has 3 aromatic rings. The zero-order valence-corrected chi connectivity index (χ0v) is 18.4. The number of ether oxygens (including phenoxy) is 1. The van der Waals surface area contributed by atoms with Crippen molar-refractivity contribution in [2.75, 3.05) is 12.0 Å². The third kappa shape index (κ3) is 4.85. The molecule has 1 aromatic heterocycles. The largest absolute Gasteiger partial charge is 0.460 e. The van der Waals surface area contributed by atoms with Gasteiger partial charge in [-0.05, 0) is 41.0 Å². The van der Waals surface area contributed by atoms with Crippen LogP contribution in [0, 0.1) is 5.41 Å². The van der Waals surface area contributed by atoms with Crippen LogP contribution in [0.3, 0.4) is 0 Å². The second-order valence-electron chi connectivity index (χ2n) is 8.39. The van der Waals surface area contributed by atoms with Gasteiger partial charge in [-0.25, -0.2) is 4.79 Å². The highest BCUT2D eigenvalue weighted by Gasteiger charge is 2.31. The van der Waals surface area contributed by atoms with Gasteiger partial charge in [0, 0.05) is 22.7 Å². The first-order valence-electron chi connectivity index (χ1n) is 9.93. The van der Waals surface area contributed by atoms with E-state index < -0.39 is 6.04 Å². The molecule has 0 aliphatic heterocycles. The van der Waals surface area contributed by atoms with Crippen LogP contribution in [0.25, 0.3) is 22.0 Å². The predicted octanol–water partition coefficient (Wildman–Crippen LogP) is 5.55. The molecule has 1 heterocycles. The molecule has 2 aromatic carbocycles. The molecule has 0 aliphatic rings. The average Bonchev–Trinajstić information content (AvgIpc) is 3.13. The van der Waals surface area contributed by atoms with Gasteiger partial charge in [0.25, 0.3) is 0 Å². The lowest BCUT2D eigenvalue weighted by atomic mass is 9.87. The number of aromatic nitrogens is 1. The van der Waals surface area contributed by atoms with Crippen LogP contribution in [0.15, 0.2) is 54.7 Å². The van der Waals surface area contributed by atoms with Crippen LogP contribution in [-0.4, -0.2) is 29.1 Å². The standard InChI is InChI=1S/C24H30N2O2S/c1-24(2,3)21(13-14-29-4)28-23(27)22(25)18-11-6-5-9-16(18)19-15-26-20-12-8-7-10-17(19)20/h5-12,15,21-22,26H,13-14,25H2,1-4H3/t21?,22-/m0/s1. The SMILES string of the molecule is CSCCC(OC(=O)[C@@H](N)c1ccccc1-c1c[nH]c2ccccc12)C(C)(C)C. The van der Waals surface area contributed by atoms with Crippen molar-refractivity contribution in [2.45, 2.75) is 39.3 Å².